The van der Waals surface area contributed by atoms with Gasteiger partial charge in [-0.25, -0.2) is 0 Å². The van der Waals surface area contributed by atoms with Crippen molar-refractivity contribution in [3.8, 4) is 0 Å². The van der Waals surface area contributed by atoms with Gasteiger partial charge in [-0.15, -0.1) is 0 Å². The number of nitro groups is 1. The minimum Gasteiger partial charge on any atom is -0.366 e. The highest BCUT2D eigenvalue weighted by Gasteiger charge is 2.20. The van der Waals surface area contributed by atoms with Crippen molar-refractivity contribution >= 4 is 34.8 Å². The molecule has 7 nitrogen and oxygen atoms in total. The number of anilines is 1. The summed E-state index contributed by atoms with van der Waals surface area (Å²) in [6.45, 7) is 1.45. The number of carbonyl (C=O) groups is 2. The van der Waals surface area contributed by atoms with Crippen LogP contribution in [0.25, 0.3) is 0 Å². The number of carbonyl (C=O) groups excluding carboxylic acids is 2. The van der Waals surface area contributed by atoms with Gasteiger partial charge in [0.2, 0.25) is 11.7 Å². The van der Waals surface area contributed by atoms with E-state index in [0.29, 0.717) is 0 Å². The fourth-order valence-electron chi connectivity index (χ4n) is 2.04. The van der Waals surface area contributed by atoms with Crippen molar-refractivity contribution in [3.63, 3.8) is 0 Å². The van der Waals surface area contributed by atoms with Crippen LogP contribution in [0.2, 0.25) is 5.02 Å². The first-order valence-electron chi connectivity index (χ1n) is 6.56. The van der Waals surface area contributed by atoms with Crippen molar-refractivity contribution in [2.45, 2.75) is 6.92 Å². The van der Waals surface area contributed by atoms with Gasteiger partial charge in [0.15, 0.2) is 0 Å². The molecule has 3 N–H and O–H groups in total. The third-order valence-electron chi connectivity index (χ3n) is 3.23. The van der Waals surface area contributed by atoms with Crippen LogP contribution in [0, 0.1) is 22.9 Å². The number of hydrogen-bond acceptors (Lipinski definition) is 4. The lowest BCUT2D eigenvalue weighted by molar-refractivity contribution is -0.387. The first kappa shape index (κ1) is 17.4. The normalized spacial score (nSPS) is 10.3. The molecule has 0 radical (unpaired) electrons. The molecule has 0 saturated heterocycles. The number of nitrogens with zero attached hydrogens (tertiary/aromatic N) is 1. The van der Waals surface area contributed by atoms with Crippen LogP contribution < -0.4 is 11.1 Å². The molecular formula is C15H11ClFN3O4. The van der Waals surface area contributed by atoms with E-state index in [9.17, 15) is 24.1 Å². The van der Waals surface area contributed by atoms with Crippen molar-refractivity contribution in [2.24, 2.45) is 5.73 Å². The Bertz CT molecular complexity index is 870. The summed E-state index contributed by atoms with van der Waals surface area (Å²) < 4.78 is 13.5. The predicted octanol–water partition coefficient (Wildman–Crippen LogP) is 3.05. The second-order valence-electron chi connectivity index (χ2n) is 4.89. The highest BCUT2D eigenvalue weighted by molar-refractivity contribution is 6.34. The Kier molecular flexibility index (Phi) is 4.79. The molecule has 0 aliphatic heterocycles. The Morgan fingerprint density at radius 1 is 1.25 bits per heavy atom. The first-order valence-corrected chi connectivity index (χ1v) is 6.93. The first-order chi connectivity index (χ1) is 11.2. The van der Waals surface area contributed by atoms with E-state index in [2.05, 4.69) is 5.32 Å². The molecule has 2 aromatic rings. The zero-order valence-corrected chi connectivity index (χ0v) is 13.1. The topological polar surface area (TPSA) is 115 Å². The number of amides is 2. The number of primary amides is 1. The number of nitrogens with one attached hydrogen (secondary N) is 1. The maximum Gasteiger partial charge on any atom is 0.305 e. The Hall–Kier alpha value is -3.00. The lowest BCUT2D eigenvalue weighted by atomic mass is 10.1. The zero-order valence-electron chi connectivity index (χ0n) is 12.3. The number of benzene rings is 2. The van der Waals surface area contributed by atoms with Crippen molar-refractivity contribution in [1.82, 2.24) is 0 Å². The molecule has 0 saturated carbocycles. The standard InChI is InChI=1S/C15H11ClFN3O4/c1-7-4-12(17)13(20(23)24)6-10(7)15(22)19-8-2-3-9(14(18)21)11(16)5-8/h2-6H,1H3,(H2,18,21)(H,19,22). The lowest BCUT2D eigenvalue weighted by Gasteiger charge is -2.09. The van der Waals surface area contributed by atoms with Gasteiger partial charge in [-0.05, 0) is 36.8 Å². The molecule has 2 aromatic carbocycles. The quantitative estimate of drug-likeness (QED) is 0.650. The summed E-state index contributed by atoms with van der Waals surface area (Å²) >= 11 is 5.88. The zero-order chi connectivity index (χ0) is 18.0. The van der Waals surface area contributed by atoms with Gasteiger partial charge >= 0.3 is 5.69 Å². The second kappa shape index (κ2) is 6.63. The van der Waals surface area contributed by atoms with E-state index in [0.717, 1.165) is 12.1 Å². The van der Waals surface area contributed by atoms with Crippen LogP contribution >= 0.6 is 11.6 Å². The van der Waals surface area contributed by atoms with Crippen molar-refractivity contribution in [3.05, 3.63) is 68.0 Å². The summed E-state index contributed by atoms with van der Waals surface area (Å²) in [5.74, 6) is -2.43. The molecule has 0 bridgehead atoms. The molecule has 24 heavy (non-hydrogen) atoms. The highest BCUT2D eigenvalue weighted by Crippen LogP contribution is 2.24. The van der Waals surface area contributed by atoms with E-state index in [1.165, 1.54) is 25.1 Å². The number of nitro benzene ring substituents is 1. The maximum absolute atomic E-state index is 13.5. The Morgan fingerprint density at radius 2 is 1.92 bits per heavy atom. The summed E-state index contributed by atoms with van der Waals surface area (Å²) in [4.78, 5) is 33.2. The number of nitrogens with two attached hydrogens (primary N) is 1. The van der Waals surface area contributed by atoms with Gasteiger partial charge in [-0.1, -0.05) is 11.6 Å². The minimum absolute atomic E-state index is 0.0436. The van der Waals surface area contributed by atoms with Gasteiger partial charge < -0.3 is 11.1 Å². The SMILES string of the molecule is Cc1cc(F)c([N+](=O)[O-])cc1C(=O)Nc1ccc(C(N)=O)c(Cl)c1. The number of rotatable bonds is 4. The Morgan fingerprint density at radius 3 is 2.46 bits per heavy atom. The number of halogens is 2. The molecule has 0 spiro atoms. The Labute approximate surface area is 140 Å². The minimum atomic E-state index is -1.03. The van der Waals surface area contributed by atoms with Crippen LogP contribution in [-0.4, -0.2) is 16.7 Å². The molecule has 2 rings (SSSR count). The van der Waals surface area contributed by atoms with E-state index < -0.39 is 28.2 Å². The molecule has 0 fully saturated rings. The van der Waals surface area contributed by atoms with E-state index in [-0.39, 0.29) is 27.4 Å². The molecule has 0 atom stereocenters. The fourth-order valence-corrected chi connectivity index (χ4v) is 2.31. The van der Waals surface area contributed by atoms with Gasteiger partial charge in [-0.3, -0.25) is 19.7 Å². The molecule has 2 amide bonds. The fraction of sp³-hybridized carbons (Fsp3) is 0.0667. The molecule has 124 valence electrons. The van der Waals surface area contributed by atoms with Crippen LogP contribution in [0.3, 0.4) is 0 Å². The van der Waals surface area contributed by atoms with E-state index in [1.54, 1.807) is 0 Å². The van der Waals surface area contributed by atoms with Gasteiger partial charge in [0, 0.05) is 17.3 Å². The molecule has 0 unspecified atom stereocenters. The molecule has 9 heteroatoms. The van der Waals surface area contributed by atoms with Gasteiger partial charge in [0.1, 0.15) is 0 Å². The summed E-state index contributed by atoms with van der Waals surface area (Å²) in [5, 5.41) is 13.3. The average Bonchev–Trinajstić information content (AvgIpc) is 2.46. The van der Waals surface area contributed by atoms with Crippen LogP contribution in [0.1, 0.15) is 26.3 Å². The van der Waals surface area contributed by atoms with Crippen molar-refractivity contribution < 1.29 is 18.9 Å². The molecule has 0 aromatic heterocycles. The average molecular weight is 352 g/mol. The van der Waals surface area contributed by atoms with Crippen molar-refractivity contribution in [1.29, 1.82) is 0 Å². The Balaban J connectivity index is 2.33. The smallest absolute Gasteiger partial charge is 0.305 e. The van der Waals surface area contributed by atoms with Crippen LogP contribution in [0.15, 0.2) is 30.3 Å². The highest BCUT2D eigenvalue weighted by atomic mass is 35.5. The monoisotopic (exact) mass is 351 g/mol. The van der Waals surface area contributed by atoms with E-state index in [4.69, 9.17) is 17.3 Å². The van der Waals surface area contributed by atoms with Gasteiger partial charge in [-0.2, -0.15) is 4.39 Å². The van der Waals surface area contributed by atoms with Crippen molar-refractivity contribution in [2.75, 3.05) is 5.32 Å². The lowest BCUT2D eigenvalue weighted by Crippen LogP contribution is -2.15. The molecule has 0 aliphatic carbocycles. The predicted molar refractivity (Wildman–Crippen MR) is 85.7 cm³/mol. The number of aryl methyl sites for hydroxylation is 1. The van der Waals surface area contributed by atoms with E-state index in [1.807, 2.05) is 0 Å². The number of hydrogen-bond donors (Lipinski definition) is 2. The maximum atomic E-state index is 13.5. The summed E-state index contributed by atoms with van der Waals surface area (Å²) in [6.07, 6.45) is 0. The van der Waals surface area contributed by atoms with E-state index >= 15 is 0 Å². The second-order valence-corrected chi connectivity index (χ2v) is 5.30. The van der Waals surface area contributed by atoms with Crippen LogP contribution in [0.4, 0.5) is 15.8 Å². The largest absolute Gasteiger partial charge is 0.366 e. The third kappa shape index (κ3) is 3.49. The van der Waals surface area contributed by atoms with Gasteiger partial charge in [0.05, 0.1) is 15.5 Å². The summed E-state index contributed by atoms with van der Waals surface area (Å²) in [7, 11) is 0. The van der Waals surface area contributed by atoms with Crippen LogP contribution in [-0.2, 0) is 0 Å². The molecule has 0 aliphatic rings. The summed E-state index contributed by atoms with van der Waals surface area (Å²) in [5.41, 5.74) is 4.84. The summed E-state index contributed by atoms with van der Waals surface area (Å²) in [6, 6.07) is 5.82. The molecule has 0 heterocycles. The van der Waals surface area contributed by atoms with Gasteiger partial charge in [0.25, 0.3) is 5.91 Å². The van der Waals surface area contributed by atoms with Crippen LogP contribution in [0.5, 0.6) is 0 Å². The third-order valence-corrected chi connectivity index (χ3v) is 3.54. The molecular weight excluding hydrogens is 341 g/mol.